The topological polar surface area (TPSA) is 83.8 Å². The number of benzene rings is 2. The summed E-state index contributed by atoms with van der Waals surface area (Å²) in [4.78, 5) is 25.0. The number of hydrogen-bond acceptors (Lipinski definition) is 5. The van der Waals surface area contributed by atoms with Crippen molar-refractivity contribution in [3.8, 4) is 11.5 Å². The van der Waals surface area contributed by atoms with Crippen LogP contribution in [0, 0.1) is 0 Å². The van der Waals surface area contributed by atoms with E-state index in [0.29, 0.717) is 42.4 Å². The second-order valence-corrected chi connectivity index (χ2v) is 6.90. The summed E-state index contributed by atoms with van der Waals surface area (Å²) < 4.78 is 5.49. The number of ether oxygens (including phenoxy) is 1. The van der Waals surface area contributed by atoms with Crippen LogP contribution in [0.1, 0.15) is 75.1 Å². The first-order valence-electron chi connectivity index (χ1n) is 8.79. The number of carbonyl (C=O) groups excluding carboxylic acids is 2. The van der Waals surface area contributed by atoms with Gasteiger partial charge in [-0.2, -0.15) is 0 Å². The molecule has 2 N–H and O–H groups in total. The van der Waals surface area contributed by atoms with E-state index >= 15 is 0 Å². The third kappa shape index (κ3) is 2.42. The lowest BCUT2D eigenvalue weighted by Gasteiger charge is -2.31. The molecule has 26 heavy (non-hydrogen) atoms. The first-order valence-corrected chi connectivity index (χ1v) is 8.79. The van der Waals surface area contributed by atoms with E-state index in [2.05, 4.69) is 0 Å². The Kier molecular flexibility index (Phi) is 4.04. The molecule has 2 aromatic rings. The van der Waals surface area contributed by atoms with Crippen LogP contribution in [0.25, 0.3) is 0 Å². The first-order chi connectivity index (χ1) is 12.5. The van der Waals surface area contributed by atoms with E-state index in [1.807, 2.05) is 6.07 Å². The summed E-state index contributed by atoms with van der Waals surface area (Å²) in [6, 6.07) is 8.41. The second-order valence-electron chi connectivity index (χ2n) is 6.90. The Morgan fingerprint density at radius 3 is 2.35 bits per heavy atom. The average Bonchev–Trinajstić information content (AvgIpc) is 2.63. The Hall–Kier alpha value is -2.66. The van der Waals surface area contributed by atoms with Crippen molar-refractivity contribution in [2.24, 2.45) is 0 Å². The van der Waals surface area contributed by atoms with Crippen LogP contribution in [0.4, 0.5) is 0 Å². The number of phenols is 2. The van der Waals surface area contributed by atoms with Crippen molar-refractivity contribution in [3.05, 3.63) is 58.1 Å². The summed E-state index contributed by atoms with van der Waals surface area (Å²) in [6.07, 6.45) is 1.46. The summed E-state index contributed by atoms with van der Waals surface area (Å²) in [6.45, 7) is 0. The third-order valence-corrected chi connectivity index (χ3v) is 5.54. The average molecular weight is 352 g/mol. The molecule has 4 rings (SSSR count). The molecular formula is C21H20O5. The minimum absolute atomic E-state index is 0.0159. The molecule has 2 aliphatic carbocycles. The van der Waals surface area contributed by atoms with E-state index in [9.17, 15) is 19.8 Å². The molecule has 0 saturated heterocycles. The number of aromatic hydroxyl groups is 2. The van der Waals surface area contributed by atoms with Gasteiger partial charge in [-0.25, -0.2) is 0 Å². The van der Waals surface area contributed by atoms with Crippen molar-refractivity contribution in [2.75, 3.05) is 7.11 Å². The zero-order valence-electron chi connectivity index (χ0n) is 14.5. The Labute approximate surface area is 151 Å². The number of methoxy groups -OCH3 is 1. The molecule has 2 atom stereocenters. The lowest BCUT2D eigenvalue weighted by molar-refractivity contribution is 0.0721. The van der Waals surface area contributed by atoms with Gasteiger partial charge in [-0.15, -0.1) is 0 Å². The first kappa shape index (κ1) is 16.8. The van der Waals surface area contributed by atoms with Crippen molar-refractivity contribution in [2.45, 2.75) is 37.7 Å². The number of carbonyl (C=O) groups is 2. The van der Waals surface area contributed by atoms with Crippen molar-refractivity contribution in [1.29, 1.82) is 0 Å². The van der Waals surface area contributed by atoms with Gasteiger partial charge in [-0.1, -0.05) is 18.2 Å². The van der Waals surface area contributed by atoms with Gasteiger partial charge in [0.15, 0.2) is 11.6 Å². The SMILES string of the molecule is CO[C@@H]1CCC(=O)c2c([C@@H]3CCC(=O)c4c(O)cccc43)ccc(O)c21. The normalized spacial score (nSPS) is 22.0. The van der Waals surface area contributed by atoms with Gasteiger partial charge in [0.1, 0.15) is 11.5 Å². The van der Waals surface area contributed by atoms with Gasteiger partial charge in [0, 0.05) is 37.0 Å². The molecule has 2 aliphatic rings. The molecule has 2 aromatic carbocycles. The van der Waals surface area contributed by atoms with Crippen molar-refractivity contribution in [3.63, 3.8) is 0 Å². The van der Waals surface area contributed by atoms with Crippen LogP contribution >= 0.6 is 0 Å². The lowest BCUT2D eigenvalue weighted by atomic mass is 9.73. The fourth-order valence-electron chi connectivity index (χ4n) is 4.35. The highest BCUT2D eigenvalue weighted by atomic mass is 16.5. The maximum atomic E-state index is 12.7. The summed E-state index contributed by atoms with van der Waals surface area (Å²) in [5.74, 6) is -0.234. The highest BCUT2D eigenvalue weighted by Crippen LogP contribution is 2.46. The quantitative estimate of drug-likeness (QED) is 0.857. The smallest absolute Gasteiger partial charge is 0.166 e. The van der Waals surface area contributed by atoms with E-state index in [1.165, 1.54) is 6.07 Å². The zero-order valence-corrected chi connectivity index (χ0v) is 14.5. The number of rotatable bonds is 2. The molecule has 0 unspecified atom stereocenters. The monoisotopic (exact) mass is 352 g/mol. The van der Waals surface area contributed by atoms with Crippen LogP contribution in [-0.4, -0.2) is 28.9 Å². The largest absolute Gasteiger partial charge is 0.508 e. The fraction of sp³-hybridized carbons (Fsp3) is 0.333. The Balaban J connectivity index is 1.94. The predicted molar refractivity (Wildman–Crippen MR) is 94.9 cm³/mol. The molecule has 0 saturated carbocycles. The van der Waals surface area contributed by atoms with Crippen molar-refractivity contribution < 1.29 is 24.5 Å². The molecule has 0 bridgehead atoms. The molecule has 5 nitrogen and oxygen atoms in total. The van der Waals surface area contributed by atoms with E-state index in [-0.39, 0.29) is 35.1 Å². The van der Waals surface area contributed by atoms with Crippen LogP contribution in [0.15, 0.2) is 30.3 Å². The number of ketones is 2. The van der Waals surface area contributed by atoms with Gasteiger partial charge >= 0.3 is 0 Å². The number of Topliss-reactive ketones (excluding diaryl/α,β-unsaturated/α-hetero) is 2. The van der Waals surface area contributed by atoms with Crippen LogP contribution < -0.4 is 0 Å². The zero-order chi connectivity index (χ0) is 18.4. The molecule has 0 aromatic heterocycles. The second kappa shape index (κ2) is 6.25. The Bertz CT molecular complexity index is 915. The van der Waals surface area contributed by atoms with Gasteiger partial charge in [-0.05, 0) is 36.1 Å². The number of phenolic OH excluding ortho intramolecular Hbond substituents is 2. The van der Waals surface area contributed by atoms with Crippen molar-refractivity contribution in [1.82, 2.24) is 0 Å². The van der Waals surface area contributed by atoms with Crippen LogP contribution in [0.5, 0.6) is 11.5 Å². The Morgan fingerprint density at radius 1 is 0.885 bits per heavy atom. The molecule has 5 heteroatoms. The maximum Gasteiger partial charge on any atom is 0.166 e. The minimum atomic E-state index is -0.323. The van der Waals surface area contributed by atoms with E-state index < -0.39 is 0 Å². The molecular weight excluding hydrogens is 332 g/mol. The van der Waals surface area contributed by atoms with Crippen LogP contribution in [-0.2, 0) is 4.74 Å². The number of fused-ring (bicyclic) bond motifs is 2. The molecule has 0 radical (unpaired) electrons. The number of hydrogen-bond donors (Lipinski definition) is 2. The molecule has 134 valence electrons. The summed E-state index contributed by atoms with van der Waals surface area (Å²) in [5.41, 5.74) is 2.93. The minimum Gasteiger partial charge on any atom is -0.508 e. The van der Waals surface area contributed by atoms with Gasteiger partial charge in [0.2, 0.25) is 0 Å². The molecule has 0 spiro atoms. The summed E-state index contributed by atoms with van der Waals surface area (Å²) >= 11 is 0. The molecule has 0 amide bonds. The van der Waals surface area contributed by atoms with Gasteiger partial charge < -0.3 is 14.9 Å². The van der Waals surface area contributed by atoms with Crippen LogP contribution in [0.3, 0.4) is 0 Å². The summed E-state index contributed by atoms with van der Waals surface area (Å²) in [5, 5.41) is 20.5. The lowest BCUT2D eigenvalue weighted by Crippen LogP contribution is -2.23. The fourth-order valence-corrected chi connectivity index (χ4v) is 4.35. The highest BCUT2D eigenvalue weighted by molar-refractivity contribution is 6.03. The predicted octanol–water partition coefficient (Wildman–Crippen LogP) is 3.87. The van der Waals surface area contributed by atoms with E-state index in [0.717, 1.165) is 11.1 Å². The molecule has 0 fully saturated rings. The van der Waals surface area contributed by atoms with Crippen LogP contribution in [0.2, 0.25) is 0 Å². The van der Waals surface area contributed by atoms with Crippen molar-refractivity contribution >= 4 is 11.6 Å². The highest BCUT2D eigenvalue weighted by Gasteiger charge is 2.36. The van der Waals surface area contributed by atoms with Gasteiger partial charge in [0.25, 0.3) is 0 Å². The Morgan fingerprint density at radius 2 is 1.58 bits per heavy atom. The van der Waals surface area contributed by atoms with Gasteiger partial charge in [0.05, 0.1) is 11.7 Å². The summed E-state index contributed by atoms with van der Waals surface area (Å²) in [7, 11) is 1.57. The molecule has 0 heterocycles. The van der Waals surface area contributed by atoms with E-state index in [4.69, 9.17) is 4.74 Å². The third-order valence-electron chi connectivity index (χ3n) is 5.54. The van der Waals surface area contributed by atoms with E-state index in [1.54, 1.807) is 25.3 Å². The standard InChI is InChI=1S/C21H20O5/c1-26-18-10-9-16(24)20-13(6-8-17(25)21(18)20)11-5-7-15(23)19-12(11)3-2-4-14(19)22/h2-4,6,8,11,18,22,25H,5,7,9-10H2,1H3/t11-,18-/m1/s1. The maximum absolute atomic E-state index is 12.7. The van der Waals surface area contributed by atoms with Gasteiger partial charge in [-0.3, -0.25) is 9.59 Å². The molecule has 0 aliphatic heterocycles.